The molecule has 2 rings (SSSR count). The van der Waals surface area contributed by atoms with Gasteiger partial charge in [0.2, 0.25) is 0 Å². The zero-order valence-corrected chi connectivity index (χ0v) is 14.0. The Morgan fingerprint density at radius 1 is 1.00 bits per heavy atom. The van der Waals surface area contributed by atoms with Gasteiger partial charge in [-0.25, -0.2) is 0 Å². The lowest BCUT2D eigenvalue weighted by atomic mass is 9.77. The third-order valence-corrected chi connectivity index (χ3v) is 6.17. The van der Waals surface area contributed by atoms with Gasteiger partial charge < -0.3 is 0 Å². The van der Waals surface area contributed by atoms with Gasteiger partial charge in [0.25, 0.3) is 0 Å². The number of hydrogen-bond donors (Lipinski definition) is 0. The van der Waals surface area contributed by atoms with Gasteiger partial charge in [0.1, 0.15) is 0 Å². The molecular weight excluding hydrogens is 228 g/mol. The van der Waals surface area contributed by atoms with Crippen LogP contribution >= 0.6 is 0 Å². The van der Waals surface area contributed by atoms with Crippen LogP contribution in [0.4, 0.5) is 0 Å². The van der Waals surface area contributed by atoms with Crippen LogP contribution in [-0.4, -0.2) is 0 Å². The number of fused-ring (bicyclic) bond motifs is 1. The first-order valence-corrected chi connectivity index (χ1v) is 8.30. The molecule has 0 aromatic heterocycles. The van der Waals surface area contributed by atoms with E-state index in [2.05, 4.69) is 48.5 Å². The molecule has 5 atom stereocenters. The number of rotatable bonds is 2. The van der Waals surface area contributed by atoms with E-state index < -0.39 is 0 Å². The van der Waals surface area contributed by atoms with Gasteiger partial charge in [0.05, 0.1) is 0 Å². The standard InChI is InChI=1S/C19H32/c1-8-9-17-15(6)18-13(4)11(2)10-12(3)14(5)19(18)16(17)7/h11-14,18H,8-10H2,1-7H3. The highest BCUT2D eigenvalue weighted by Crippen LogP contribution is 2.52. The SMILES string of the molecule is CCCC1=C(C)C2C(=C1C)C(C)C(C)CC(C)C2C. The Balaban J connectivity index is 2.49. The Morgan fingerprint density at radius 3 is 2.21 bits per heavy atom. The third-order valence-electron chi connectivity index (χ3n) is 6.17. The van der Waals surface area contributed by atoms with Crippen LogP contribution in [0.25, 0.3) is 0 Å². The largest absolute Gasteiger partial charge is 0.0651 e. The molecule has 2 aliphatic carbocycles. The average Bonchev–Trinajstić information content (AvgIpc) is 2.56. The first-order chi connectivity index (χ1) is 8.90. The minimum absolute atomic E-state index is 0.747. The highest BCUT2D eigenvalue weighted by molar-refractivity contribution is 5.49. The van der Waals surface area contributed by atoms with Gasteiger partial charge >= 0.3 is 0 Å². The summed E-state index contributed by atoms with van der Waals surface area (Å²) in [5.41, 5.74) is 6.85. The Hall–Kier alpha value is -0.520. The van der Waals surface area contributed by atoms with E-state index in [1.807, 2.05) is 0 Å². The molecule has 0 heteroatoms. The summed E-state index contributed by atoms with van der Waals surface area (Å²) in [6.45, 7) is 17.0. The lowest BCUT2D eigenvalue weighted by Gasteiger charge is -2.27. The van der Waals surface area contributed by atoms with E-state index in [1.54, 1.807) is 22.3 Å². The highest BCUT2D eigenvalue weighted by atomic mass is 14.5. The smallest absolute Gasteiger partial charge is 0.00469 e. The number of allylic oxidation sites excluding steroid dienone is 4. The van der Waals surface area contributed by atoms with Crippen molar-refractivity contribution in [3.8, 4) is 0 Å². The molecule has 0 aromatic rings. The molecule has 0 aliphatic heterocycles. The lowest BCUT2D eigenvalue weighted by molar-refractivity contribution is 0.298. The van der Waals surface area contributed by atoms with Crippen LogP contribution < -0.4 is 0 Å². The quantitative estimate of drug-likeness (QED) is 0.571. The molecule has 0 spiro atoms. The maximum absolute atomic E-state index is 2.49. The van der Waals surface area contributed by atoms with E-state index in [0.717, 1.165) is 29.6 Å². The molecule has 1 fully saturated rings. The Kier molecular flexibility index (Phi) is 4.28. The third kappa shape index (κ3) is 2.32. The molecule has 2 aliphatic rings. The Bertz CT molecular complexity index is 410. The van der Waals surface area contributed by atoms with Crippen LogP contribution in [0.3, 0.4) is 0 Å². The van der Waals surface area contributed by atoms with E-state index in [-0.39, 0.29) is 0 Å². The molecule has 0 aromatic carbocycles. The lowest BCUT2D eigenvalue weighted by Crippen LogP contribution is -2.19. The van der Waals surface area contributed by atoms with Crippen molar-refractivity contribution in [1.29, 1.82) is 0 Å². The Morgan fingerprint density at radius 2 is 1.63 bits per heavy atom. The van der Waals surface area contributed by atoms with Crippen molar-refractivity contribution in [1.82, 2.24) is 0 Å². The topological polar surface area (TPSA) is 0 Å². The van der Waals surface area contributed by atoms with Crippen LogP contribution in [0.5, 0.6) is 0 Å². The van der Waals surface area contributed by atoms with Crippen molar-refractivity contribution in [2.45, 2.75) is 67.7 Å². The van der Waals surface area contributed by atoms with Crippen molar-refractivity contribution in [2.75, 3.05) is 0 Å². The van der Waals surface area contributed by atoms with E-state index in [1.165, 1.54) is 19.3 Å². The van der Waals surface area contributed by atoms with Crippen LogP contribution in [-0.2, 0) is 0 Å². The van der Waals surface area contributed by atoms with E-state index in [4.69, 9.17) is 0 Å². The van der Waals surface area contributed by atoms with Gasteiger partial charge in [-0.15, -0.1) is 0 Å². The monoisotopic (exact) mass is 260 g/mol. The van der Waals surface area contributed by atoms with Gasteiger partial charge in [-0.3, -0.25) is 0 Å². The molecule has 5 unspecified atom stereocenters. The van der Waals surface area contributed by atoms with Gasteiger partial charge in [-0.2, -0.15) is 0 Å². The summed E-state index contributed by atoms with van der Waals surface area (Å²) in [6, 6.07) is 0. The fourth-order valence-electron chi connectivity index (χ4n) is 4.70. The summed E-state index contributed by atoms with van der Waals surface area (Å²) in [5.74, 6) is 4.01. The second-order valence-electron chi connectivity index (χ2n) is 7.31. The van der Waals surface area contributed by atoms with E-state index in [0.29, 0.717) is 0 Å². The summed E-state index contributed by atoms with van der Waals surface area (Å²) in [6.07, 6.45) is 3.95. The van der Waals surface area contributed by atoms with Crippen molar-refractivity contribution in [3.63, 3.8) is 0 Å². The first kappa shape index (κ1) is 14.9. The second kappa shape index (κ2) is 5.46. The molecule has 0 radical (unpaired) electrons. The maximum atomic E-state index is 2.49. The van der Waals surface area contributed by atoms with Gasteiger partial charge in [-0.05, 0) is 61.5 Å². The molecule has 0 heterocycles. The van der Waals surface area contributed by atoms with Crippen molar-refractivity contribution in [3.05, 3.63) is 22.3 Å². The minimum atomic E-state index is 0.747. The zero-order chi connectivity index (χ0) is 14.3. The summed E-state index contributed by atoms with van der Waals surface area (Å²) in [5, 5.41) is 0. The predicted octanol–water partition coefficient (Wildman–Crippen LogP) is 6.00. The van der Waals surface area contributed by atoms with Crippen LogP contribution in [0.2, 0.25) is 0 Å². The zero-order valence-electron chi connectivity index (χ0n) is 14.0. The molecule has 108 valence electrons. The summed E-state index contributed by atoms with van der Waals surface area (Å²) in [7, 11) is 0. The van der Waals surface area contributed by atoms with Gasteiger partial charge in [0.15, 0.2) is 0 Å². The van der Waals surface area contributed by atoms with Crippen molar-refractivity contribution >= 4 is 0 Å². The summed E-state index contributed by atoms with van der Waals surface area (Å²) in [4.78, 5) is 0. The van der Waals surface area contributed by atoms with E-state index in [9.17, 15) is 0 Å². The molecule has 0 amide bonds. The maximum Gasteiger partial charge on any atom is 0.00469 e. The molecule has 0 bridgehead atoms. The summed E-state index contributed by atoms with van der Waals surface area (Å²) >= 11 is 0. The highest BCUT2D eigenvalue weighted by Gasteiger charge is 2.41. The molecular formula is C19H32. The molecule has 0 saturated heterocycles. The Labute approximate surface area is 120 Å². The van der Waals surface area contributed by atoms with Gasteiger partial charge in [-0.1, -0.05) is 52.2 Å². The average molecular weight is 260 g/mol. The minimum Gasteiger partial charge on any atom is -0.0651 e. The van der Waals surface area contributed by atoms with Crippen molar-refractivity contribution in [2.24, 2.45) is 29.6 Å². The fraction of sp³-hybridized carbons (Fsp3) is 0.789. The number of hydrogen-bond acceptors (Lipinski definition) is 0. The molecule has 19 heavy (non-hydrogen) atoms. The van der Waals surface area contributed by atoms with Gasteiger partial charge in [0, 0.05) is 5.92 Å². The van der Waals surface area contributed by atoms with E-state index >= 15 is 0 Å². The summed E-state index contributed by atoms with van der Waals surface area (Å²) < 4.78 is 0. The van der Waals surface area contributed by atoms with Crippen LogP contribution in [0.1, 0.15) is 67.7 Å². The predicted molar refractivity (Wildman–Crippen MR) is 85.1 cm³/mol. The molecule has 0 nitrogen and oxygen atoms in total. The molecule has 1 saturated carbocycles. The normalized spacial score (nSPS) is 39.6. The fourth-order valence-corrected chi connectivity index (χ4v) is 4.70. The van der Waals surface area contributed by atoms with Crippen LogP contribution in [0.15, 0.2) is 22.3 Å². The van der Waals surface area contributed by atoms with Crippen molar-refractivity contribution < 1.29 is 0 Å². The first-order valence-electron chi connectivity index (χ1n) is 8.30. The molecule has 0 N–H and O–H groups in total. The second-order valence-corrected chi connectivity index (χ2v) is 7.31. The van der Waals surface area contributed by atoms with Crippen LogP contribution in [0, 0.1) is 29.6 Å².